The van der Waals surface area contributed by atoms with E-state index in [0.29, 0.717) is 34.4 Å². The Labute approximate surface area is 189 Å². The largest absolute Gasteiger partial charge is 0.490 e. The third-order valence-corrected chi connectivity index (χ3v) is 5.00. The van der Waals surface area contributed by atoms with Crippen LogP contribution in [-0.2, 0) is 4.79 Å². The Morgan fingerprint density at radius 3 is 2.66 bits per heavy atom. The third kappa shape index (κ3) is 6.38. The van der Waals surface area contributed by atoms with Gasteiger partial charge in [0.1, 0.15) is 11.6 Å². The van der Waals surface area contributed by atoms with Crippen molar-refractivity contribution in [2.45, 2.75) is 33.8 Å². The second-order valence-corrected chi connectivity index (χ2v) is 8.09. The van der Waals surface area contributed by atoms with E-state index in [9.17, 15) is 10.1 Å². The summed E-state index contributed by atoms with van der Waals surface area (Å²) < 4.78 is 12.4. The molecule has 0 aliphatic heterocycles. The van der Waals surface area contributed by atoms with Gasteiger partial charge in [-0.05, 0) is 91.8 Å². The fraction of sp³-hybridized carbons (Fsp3) is 0.273. The molecule has 0 heterocycles. The molecule has 0 spiro atoms. The molecule has 5 nitrogen and oxygen atoms in total. The van der Waals surface area contributed by atoms with E-state index in [0.717, 1.165) is 9.13 Å². The van der Waals surface area contributed by atoms with E-state index in [-0.39, 0.29) is 11.7 Å². The van der Waals surface area contributed by atoms with Gasteiger partial charge < -0.3 is 14.8 Å². The third-order valence-electron chi connectivity index (χ3n) is 3.79. The van der Waals surface area contributed by atoms with E-state index in [4.69, 9.17) is 21.1 Å². The van der Waals surface area contributed by atoms with Crippen molar-refractivity contribution in [2.75, 3.05) is 11.9 Å². The lowest BCUT2D eigenvalue weighted by molar-refractivity contribution is -0.112. The van der Waals surface area contributed by atoms with Crippen molar-refractivity contribution >= 4 is 51.9 Å². The molecule has 0 fully saturated rings. The molecule has 0 unspecified atom stereocenters. The van der Waals surface area contributed by atoms with Crippen LogP contribution in [0.3, 0.4) is 0 Å². The van der Waals surface area contributed by atoms with Crippen molar-refractivity contribution in [3.05, 3.63) is 55.6 Å². The maximum absolute atomic E-state index is 12.5. The highest BCUT2D eigenvalue weighted by Gasteiger charge is 2.15. The molecule has 2 rings (SSSR count). The van der Waals surface area contributed by atoms with Crippen molar-refractivity contribution in [2.24, 2.45) is 0 Å². The van der Waals surface area contributed by atoms with Crippen molar-refractivity contribution in [1.82, 2.24) is 0 Å². The van der Waals surface area contributed by atoms with Crippen LogP contribution in [0.2, 0.25) is 5.02 Å². The molecule has 0 bridgehead atoms. The van der Waals surface area contributed by atoms with Gasteiger partial charge in [-0.1, -0.05) is 17.7 Å². The zero-order chi connectivity index (χ0) is 21.6. The van der Waals surface area contributed by atoms with E-state index >= 15 is 0 Å². The van der Waals surface area contributed by atoms with Crippen LogP contribution in [0.1, 0.15) is 31.9 Å². The zero-order valence-electron chi connectivity index (χ0n) is 16.7. The van der Waals surface area contributed by atoms with Gasteiger partial charge >= 0.3 is 0 Å². The number of halogens is 2. The van der Waals surface area contributed by atoms with E-state index in [1.54, 1.807) is 24.3 Å². The standard InChI is InChI=1S/C22H22ClIN2O3/c1-5-28-20-10-15(9-19(24)21(20)29-13(2)3)8-16(12-25)22(27)26-17-7-6-14(4)18(23)11-17/h6-11,13H,5H2,1-4H3,(H,26,27)/b16-8+. The second-order valence-electron chi connectivity index (χ2n) is 6.52. The van der Waals surface area contributed by atoms with Crippen LogP contribution in [0.15, 0.2) is 35.9 Å². The molecule has 0 aromatic heterocycles. The van der Waals surface area contributed by atoms with Crippen molar-refractivity contribution in [3.63, 3.8) is 0 Å². The fourth-order valence-electron chi connectivity index (χ4n) is 2.47. The summed E-state index contributed by atoms with van der Waals surface area (Å²) in [6.45, 7) is 8.11. The van der Waals surface area contributed by atoms with Crippen LogP contribution in [0, 0.1) is 21.8 Å². The molecule has 2 aromatic rings. The Hall–Kier alpha value is -2.24. The fourth-order valence-corrected chi connectivity index (χ4v) is 3.40. The topological polar surface area (TPSA) is 71.3 Å². The number of nitriles is 1. The van der Waals surface area contributed by atoms with Crippen LogP contribution >= 0.6 is 34.2 Å². The van der Waals surface area contributed by atoms with Gasteiger partial charge in [0.05, 0.1) is 16.3 Å². The summed E-state index contributed by atoms with van der Waals surface area (Å²) in [7, 11) is 0. The molecule has 0 saturated carbocycles. The van der Waals surface area contributed by atoms with E-state index in [1.807, 2.05) is 39.8 Å². The molecular formula is C22H22ClIN2O3. The molecule has 0 aliphatic rings. The lowest BCUT2D eigenvalue weighted by Crippen LogP contribution is -2.13. The minimum Gasteiger partial charge on any atom is -0.490 e. The Kier molecular flexibility index (Phi) is 8.35. The van der Waals surface area contributed by atoms with Crippen LogP contribution in [0.4, 0.5) is 5.69 Å². The molecule has 0 aliphatic carbocycles. The summed E-state index contributed by atoms with van der Waals surface area (Å²) >= 11 is 8.25. The highest BCUT2D eigenvalue weighted by Crippen LogP contribution is 2.35. The molecule has 29 heavy (non-hydrogen) atoms. The van der Waals surface area contributed by atoms with Crippen molar-refractivity contribution in [3.8, 4) is 17.6 Å². The molecule has 0 radical (unpaired) electrons. The number of nitrogens with zero attached hydrogens (tertiary/aromatic N) is 1. The average Bonchev–Trinajstić information content (AvgIpc) is 2.65. The number of nitrogens with one attached hydrogen (secondary N) is 1. The number of amides is 1. The lowest BCUT2D eigenvalue weighted by atomic mass is 10.1. The monoisotopic (exact) mass is 524 g/mol. The van der Waals surface area contributed by atoms with Crippen LogP contribution in [0.25, 0.3) is 6.08 Å². The van der Waals surface area contributed by atoms with Gasteiger partial charge in [-0.25, -0.2) is 0 Å². The van der Waals surface area contributed by atoms with E-state index < -0.39 is 5.91 Å². The first-order valence-electron chi connectivity index (χ1n) is 9.07. The van der Waals surface area contributed by atoms with Gasteiger partial charge in [-0.15, -0.1) is 0 Å². The minimum atomic E-state index is -0.511. The quantitative estimate of drug-likeness (QED) is 0.275. The lowest BCUT2D eigenvalue weighted by Gasteiger charge is -2.17. The van der Waals surface area contributed by atoms with Crippen LogP contribution in [0.5, 0.6) is 11.5 Å². The highest BCUT2D eigenvalue weighted by molar-refractivity contribution is 14.1. The van der Waals surface area contributed by atoms with E-state index in [2.05, 4.69) is 27.9 Å². The number of rotatable bonds is 7. The first kappa shape index (κ1) is 23.0. The summed E-state index contributed by atoms with van der Waals surface area (Å²) in [5.74, 6) is 0.710. The Balaban J connectivity index is 2.34. The van der Waals surface area contributed by atoms with Gasteiger partial charge in [-0.3, -0.25) is 4.79 Å². The Bertz CT molecular complexity index is 981. The van der Waals surface area contributed by atoms with Gasteiger partial charge in [0.25, 0.3) is 5.91 Å². The molecule has 1 amide bonds. The van der Waals surface area contributed by atoms with Crippen molar-refractivity contribution in [1.29, 1.82) is 5.26 Å². The maximum Gasteiger partial charge on any atom is 0.266 e. The second kappa shape index (κ2) is 10.5. The van der Waals surface area contributed by atoms with Gasteiger partial charge in [0, 0.05) is 10.7 Å². The van der Waals surface area contributed by atoms with Gasteiger partial charge in [-0.2, -0.15) is 5.26 Å². The summed E-state index contributed by atoms with van der Waals surface area (Å²) in [6, 6.07) is 10.8. The predicted octanol–water partition coefficient (Wildman–Crippen LogP) is 5.98. The number of benzene rings is 2. The van der Waals surface area contributed by atoms with Crippen molar-refractivity contribution < 1.29 is 14.3 Å². The van der Waals surface area contributed by atoms with Crippen LogP contribution in [-0.4, -0.2) is 18.6 Å². The smallest absolute Gasteiger partial charge is 0.266 e. The Morgan fingerprint density at radius 1 is 1.34 bits per heavy atom. The summed E-state index contributed by atoms with van der Waals surface area (Å²) in [4.78, 5) is 12.5. The zero-order valence-corrected chi connectivity index (χ0v) is 19.6. The first-order chi connectivity index (χ1) is 13.7. The number of carbonyl (C=O) groups excluding carboxylic acids is 1. The number of carbonyl (C=O) groups is 1. The maximum atomic E-state index is 12.5. The van der Waals surface area contributed by atoms with E-state index in [1.165, 1.54) is 6.08 Å². The Morgan fingerprint density at radius 2 is 2.07 bits per heavy atom. The van der Waals surface area contributed by atoms with Gasteiger partial charge in [0.15, 0.2) is 11.5 Å². The molecule has 2 aromatic carbocycles. The molecule has 0 atom stereocenters. The van der Waals surface area contributed by atoms with Gasteiger partial charge in [0.2, 0.25) is 0 Å². The summed E-state index contributed by atoms with van der Waals surface area (Å²) in [6.07, 6.45) is 1.51. The number of hydrogen-bond donors (Lipinski definition) is 1. The molecule has 152 valence electrons. The normalized spacial score (nSPS) is 11.2. The number of aryl methyl sites for hydroxylation is 1. The number of ether oxygens (including phenoxy) is 2. The SMILES string of the molecule is CCOc1cc(/C=C(\C#N)C(=O)Nc2ccc(C)c(Cl)c2)cc(I)c1OC(C)C. The summed E-state index contributed by atoms with van der Waals surface area (Å²) in [5, 5.41) is 12.7. The minimum absolute atomic E-state index is 0.00843. The average molecular weight is 525 g/mol. The highest BCUT2D eigenvalue weighted by atomic mass is 127. The molecular weight excluding hydrogens is 503 g/mol. The molecule has 7 heteroatoms. The predicted molar refractivity (Wildman–Crippen MR) is 125 cm³/mol. The first-order valence-corrected chi connectivity index (χ1v) is 10.5. The number of anilines is 1. The number of hydrogen-bond acceptors (Lipinski definition) is 4. The molecule has 1 N–H and O–H groups in total. The summed E-state index contributed by atoms with van der Waals surface area (Å²) in [5.41, 5.74) is 2.07. The van der Waals surface area contributed by atoms with Crippen LogP contribution < -0.4 is 14.8 Å². The molecule has 0 saturated heterocycles.